The zero-order valence-electron chi connectivity index (χ0n) is 13.9. The van der Waals surface area contributed by atoms with Gasteiger partial charge < -0.3 is 10.2 Å². The predicted octanol–water partition coefficient (Wildman–Crippen LogP) is 3.23. The largest absolute Gasteiger partial charge is 0.360 e. The van der Waals surface area contributed by atoms with E-state index >= 15 is 0 Å². The Morgan fingerprint density at radius 3 is 2.68 bits per heavy atom. The third kappa shape index (κ3) is 6.40. The second-order valence-corrected chi connectivity index (χ2v) is 6.97. The van der Waals surface area contributed by atoms with Gasteiger partial charge in [0, 0.05) is 25.7 Å². The van der Waals surface area contributed by atoms with Gasteiger partial charge in [-0.2, -0.15) is 0 Å². The van der Waals surface area contributed by atoms with Crippen LogP contribution in [0.4, 0.5) is 5.82 Å². The van der Waals surface area contributed by atoms with Crippen molar-refractivity contribution in [1.29, 1.82) is 0 Å². The Morgan fingerprint density at radius 1 is 1.41 bits per heavy atom. The van der Waals surface area contributed by atoms with Crippen LogP contribution in [0.25, 0.3) is 0 Å². The molecule has 0 unspecified atom stereocenters. The zero-order valence-corrected chi connectivity index (χ0v) is 15.5. The van der Waals surface area contributed by atoms with Crippen molar-refractivity contribution in [2.45, 2.75) is 45.3 Å². The summed E-state index contributed by atoms with van der Waals surface area (Å²) in [7, 11) is 1.97. The molecule has 22 heavy (non-hydrogen) atoms. The smallest absolute Gasteiger partial charge is 0.230 e. The molecule has 0 aliphatic heterocycles. The van der Waals surface area contributed by atoms with Crippen molar-refractivity contribution in [2.24, 2.45) is 5.92 Å². The molecule has 0 bridgehead atoms. The van der Waals surface area contributed by atoms with Crippen molar-refractivity contribution in [3.05, 3.63) is 11.2 Å². The van der Waals surface area contributed by atoms with Crippen LogP contribution >= 0.6 is 23.4 Å². The number of hydrogen-bond acceptors (Lipinski definition) is 5. The Bertz CT molecular complexity index is 498. The number of carbonyl (C=O) groups excluding carboxylic acids is 1. The average molecular weight is 345 g/mol. The first-order chi connectivity index (χ1) is 10.3. The molecule has 5 nitrogen and oxygen atoms in total. The fourth-order valence-electron chi connectivity index (χ4n) is 1.69. The number of halogens is 1. The Morgan fingerprint density at radius 2 is 2.09 bits per heavy atom. The zero-order chi connectivity index (χ0) is 16.7. The quantitative estimate of drug-likeness (QED) is 0.445. The van der Waals surface area contributed by atoms with Crippen LogP contribution in [0.5, 0.6) is 0 Å². The molecule has 1 amide bonds. The molecular weight excluding hydrogens is 320 g/mol. The molecule has 124 valence electrons. The van der Waals surface area contributed by atoms with Gasteiger partial charge in [0.05, 0.1) is 5.75 Å². The molecule has 0 saturated heterocycles. The van der Waals surface area contributed by atoms with E-state index < -0.39 is 0 Å². The summed E-state index contributed by atoms with van der Waals surface area (Å²) in [6, 6.07) is 1.89. The lowest BCUT2D eigenvalue weighted by Gasteiger charge is -2.18. The number of hydrogen-bond donors (Lipinski definition) is 1. The summed E-state index contributed by atoms with van der Waals surface area (Å²) in [6.07, 6.45) is 1.02. The summed E-state index contributed by atoms with van der Waals surface area (Å²) >= 11 is 7.34. The molecule has 0 radical (unpaired) electrons. The van der Waals surface area contributed by atoms with Crippen LogP contribution < -0.4 is 10.2 Å². The Balaban J connectivity index is 2.64. The van der Waals surface area contributed by atoms with E-state index in [1.165, 1.54) is 11.8 Å². The second-order valence-electron chi connectivity index (χ2n) is 5.64. The number of amides is 1. The van der Waals surface area contributed by atoms with Crippen LogP contribution in [-0.2, 0) is 4.79 Å². The van der Waals surface area contributed by atoms with E-state index in [0.717, 1.165) is 18.8 Å². The minimum absolute atomic E-state index is 0.0155. The van der Waals surface area contributed by atoms with Crippen molar-refractivity contribution in [3.8, 4) is 0 Å². The molecule has 7 heteroatoms. The Labute approximate surface area is 142 Å². The monoisotopic (exact) mass is 344 g/mol. The molecule has 1 heterocycles. The molecule has 1 rings (SSSR count). The molecule has 0 saturated carbocycles. The minimum Gasteiger partial charge on any atom is -0.360 e. The van der Waals surface area contributed by atoms with Crippen LogP contribution in [0.3, 0.4) is 0 Å². The van der Waals surface area contributed by atoms with Crippen molar-refractivity contribution in [2.75, 3.05) is 24.2 Å². The SMILES string of the molecule is CCCN(C)c1cc(Cl)nc(SCC(=O)N[C@H](C)C(C)C)n1. The van der Waals surface area contributed by atoms with Gasteiger partial charge >= 0.3 is 0 Å². The molecular formula is C15H25ClN4OS. The number of anilines is 1. The van der Waals surface area contributed by atoms with E-state index in [1.54, 1.807) is 6.07 Å². The summed E-state index contributed by atoms with van der Waals surface area (Å²) in [5.74, 6) is 1.46. The van der Waals surface area contributed by atoms with Gasteiger partial charge in [-0.05, 0) is 19.3 Å². The maximum atomic E-state index is 11.9. The standard InChI is InChI=1S/C15H25ClN4OS/c1-6-7-20(5)13-8-12(16)18-15(19-13)22-9-14(21)17-11(4)10(2)3/h8,10-11H,6-7,9H2,1-5H3,(H,17,21)/t11-/m1/s1. The molecule has 0 spiro atoms. The Kier molecular flexibility index (Phi) is 7.96. The van der Waals surface area contributed by atoms with Gasteiger partial charge in [-0.3, -0.25) is 4.79 Å². The van der Waals surface area contributed by atoms with Crippen LogP contribution in [-0.4, -0.2) is 41.3 Å². The number of nitrogens with one attached hydrogen (secondary N) is 1. The molecule has 0 aliphatic rings. The van der Waals surface area contributed by atoms with E-state index in [2.05, 4.69) is 36.1 Å². The highest BCUT2D eigenvalue weighted by molar-refractivity contribution is 7.99. The normalized spacial score (nSPS) is 12.3. The van der Waals surface area contributed by atoms with E-state index in [4.69, 9.17) is 11.6 Å². The van der Waals surface area contributed by atoms with E-state index in [0.29, 0.717) is 16.2 Å². The summed E-state index contributed by atoms with van der Waals surface area (Å²) < 4.78 is 0. The van der Waals surface area contributed by atoms with E-state index in [9.17, 15) is 4.79 Å². The molecule has 0 aliphatic carbocycles. The lowest BCUT2D eigenvalue weighted by Crippen LogP contribution is -2.37. The number of aromatic nitrogens is 2. The highest BCUT2D eigenvalue weighted by atomic mass is 35.5. The van der Waals surface area contributed by atoms with Gasteiger partial charge in [0.1, 0.15) is 11.0 Å². The lowest BCUT2D eigenvalue weighted by atomic mass is 10.1. The third-order valence-corrected chi connectivity index (χ3v) is 4.37. The highest BCUT2D eigenvalue weighted by Crippen LogP contribution is 2.21. The first-order valence-electron chi connectivity index (χ1n) is 7.51. The number of carbonyl (C=O) groups is 1. The summed E-state index contributed by atoms with van der Waals surface area (Å²) in [5, 5.41) is 3.88. The van der Waals surface area contributed by atoms with Gasteiger partial charge in [0.2, 0.25) is 5.91 Å². The molecule has 0 aromatic carbocycles. The summed E-state index contributed by atoms with van der Waals surface area (Å²) in [6.45, 7) is 9.15. The van der Waals surface area contributed by atoms with Gasteiger partial charge in [0.15, 0.2) is 5.16 Å². The van der Waals surface area contributed by atoms with Crippen LogP contribution in [0.2, 0.25) is 5.15 Å². The fraction of sp³-hybridized carbons (Fsp3) is 0.667. The van der Waals surface area contributed by atoms with Gasteiger partial charge in [-0.15, -0.1) is 0 Å². The fourth-order valence-corrected chi connectivity index (χ4v) is 2.58. The number of rotatable bonds is 8. The number of nitrogens with zero attached hydrogens (tertiary/aromatic N) is 3. The van der Waals surface area contributed by atoms with Crippen molar-refractivity contribution in [1.82, 2.24) is 15.3 Å². The molecule has 1 aromatic heterocycles. The topological polar surface area (TPSA) is 58.1 Å². The van der Waals surface area contributed by atoms with Crippen molar-refractivity contribution < 1.29 is 4.79 Å². The molecule has 1 N–H and O–H groups in total. The molecule has 1 atom stereocenters. The first kappa shape index (κ1) is 19.0. The molecule has 1 aromatic rings. The second kappa shape index (κ2) is 9.20. The molecule has 0 fully saturated rings. The summed E-state index contributed by atoms with van der Waals surface area (Å²) in [4.78, 5) is 22.6. The minimum atomic E-state index is -0.0155. The predicted molar refractivity (Wildman–Crippen MR) is 93.8 cm³/mol. The third-order valence-electron chi connectivity index (χ3n) is 3.33. The van der Waals surface area contributed by atoms with Crippen molar-refractivity contribution in [3.63, 3.8) is 0 Å². The lowest BCUT2D eigenvalue weighted by molar-refractivity contribution is -0.119. The highest BCUT2D eigenvalue weighted by Gasteiger charge is 2.13. The van der Waals surface area contributed by atoms with Gasteiger partial charge in [0.25, 0.3) is 0 Å². The average Bonchev–Trinajstić information content (AvgIpc) is 2.44. The Hall–Kier alpha value is -1.01. The maximum absolute atomic E-state index is 11.9. The van der Waals surface area contributed by atoms with Crippen LogP contribution in [0, 0.1) is 5.92 Å². The van der Waals surface area contributed by atoms with Gasteiger partial charge in [-0.25, -0.2) is 9.97 Å². The maximum Gasteiger partial charge on any atom is 0.230 e. The number of thioether (sulfide) groups is 1. The van der Waals surface area contributed by atoms with Crippen LogP contribution in [0.1, 0.15) is 34.1 Å². The van der Waals surface area contributed by atoms with Crippen LogP contribution in [0.15, 0.2) is 11.2 Å². The summed E-state index contributed by atoms with van der Waals surface area (Å²) in [5.41, 5.74) is 0. The van der Waals surface area contributed by atoms with Gasteiger partial charge in [-0.1, -0.05) is 44.1 Å². The van der Waals surface area contributed by atoms with Crippen molar-refractivity contribution >= 4 is 35.1 Å². The van der Waals surface area contributed by atoms with E-state index in [1.807, 2.05) is 18.9 Å². The van der Waals surface area contributed by atoms with E-state index in [-0.39, 0.29) is 17.7 Å². The first-order valence-corrected chi connectivity index (χ1v) is 8.87.